The Hall–Kier alpha value is -2.76. The molecule has 0 saturated carbocycles. The van der Waals surface area contributed by atoms with Crippen LogP contribution < -0.4 is 5.73 Å². The number of rotatable bonds is 2. The number of aromatic nitrogens is 2. The Kier molecular flexibility index (Phi) is 3.13. The number of nitrogens with zero attached hydrogens (tertiary/aromatic N) is 2. The smallest absolute Gasteiger partial charge is 0.263 e. The molecule has 0 bridgehead atoms. The fourth-order valence-corrected chi connectivity index (χ4v) is 2.08. The molecule has 0 amide bonds. The predicted molar refractivity (Wildman–Crippen MR) is 74.2 cm³/mol. The van der Waals surface area contributed by atoms with Crippen molar-refractivity contribution in [3.63, 3.8) is 0 Å². The summed E-state index contributed by atoms with van der Waals surface area (Å²) in [4.78, 5) is 4.14. The SMILES string of the molecule is Cc1cc(F)ccc1-c1noc(-c2c(N)cccc2F)n1. The second-order valence-electron chi connectivity index (χ2n) is 4.59. The van der Waals surface area contributed by atoms with Crippen LogP contribution in [0.3, 0.4) is 0 Å². The van der Waals surface area contributed by atoms with Gasteiger partial charge in [0.05, 0.1) is 5.56 Å². The highest BCUT2D eigenvalue weighted by molar-refractivity contribution is 5.72. The van der Waals surface area contributed by atoms with E-state index >= 15 is 0 Å². The van der Waals surface area contributed by atoms with Crippen LogP contribution in [0, 0.1) is 18.6 Å². The van der Waals surface area contributed by atoms with Gasteiger partial charge in [0.15, 0.2) is 0 Å². The van der Waals surface area contributed by atoms with Gasteiger partial charge >= 0.3 is 0 Å². The highest BCUT2D eigenvalue weighted by Gasteiger charge is 2.18. The minimum atomic E-state index is -0.541. The van der Waals surface area contributed by atoms with Gasteiger partial charge in [-0.15, -0.1) is 0 Å². The van der Waals surface area contributed by atoms with Gasteiger partial charge in [-0.2, -0.15) is 4.98 Å². The first-order chi connectivity index (χ1) is 10.1. The summed E-state index contributed by atoms with van der Waals surface area (Å²) in [6, 6.07) is 8.52. The van der Waals surface area contributed by atoms with Crippen LogP contribution in [0.4, 0.5) is 14.5 Å². The zero-order chi connectivity index (χ0) is 15.0. The molecule has 4 nitrogen and oxygen atoms in total. The van der Waals surface area contributed by atoms with Gasteiger partial charge in [0, 0.05) is 11.3 Å². The van der Waals surface area contributed by atoms with Crippen molar-refractivity contribution in [3.8, 4) is 22.8 Å². The number of benzene rings is 2. The molecule has 0 atom stereocenters. The molecule has 2 aromatic carbocycles. The molecule has 1 aromatic heterocycles. The number of halogens is 2. The molecule has 6 heteroatoms. The molecule has 1 heterocycles. The highest BCUT2D eigenvalue weighted by Crippen LogP contribution is 2.30. The van der Waals surface area contributed by atoms with Crippen LogP contribution in [-0.2, 0) is 0 Å². The van der Waals surface area contributed by atoms with E-state index in [2.05, 4.69) is 10.1 Å². The van der Waals surface area contributed by atoms with E-state index in [0.717, 1.165) is 0 Å². The Labute approximate surface area is 119 Å². The summed E-state index contributed by atoms with van der Waals surface area (Å²) in [6.07, 6.45) is 0. The molecule has 0 saturated heterocycles. The quantitative estimate of drug-likeness (QED) is 0.732. The lowest BCUT2D eigenvalue weighted by atomic mass is 10.1. The molecule has 3 rings (SSSR count). The van der Waals surface area contributed by atoms with E-state index in [-0.39, 0.29) is 28.8 Å². The van der Waals surface area contributed by atoms with E-state index in [4.69, 9.17) is 10.3 Å². The molecule has 0 spiro atoms. The highest BCUT2D eigenvalue weighted by atomic mass is 19.1. The molecular weight excluding hydrogens is 276 g/mol. The fourth-order valence-electron chi connectivity index (χ4n) is 2.08. The maximum absolute atomic E-state index is 13.8. The van der Waals surface area contributed by atoms with Crippen molar-refractivity contribution in [2.24, 2.45) is 0 Å². The van der Waals surface area contributed by atoms with Crippen LogP contribution >= 0.6 is 0 Å². The third kappa shape index (κ3) is 2.35. The van der Waals surface area contributed by atoms with Gasteiger partial charge in [0.25, 0.3) is 5.89 Å². The van der Waals surface area contributed by atoms with Crippen LogP contribution in [-0.4, -0.2) is 10.1 Å². The number of hydrogen-bond acceptors (Lipinski definition) is 4. The van der Waals surface area contributed by atoms with Crippen molar-refractivity contribution >= 4 is 5.69 Å². The maximum Gasteiger partial charge on any atom is 0.263 e. The lowest BCUT2D eigenvalue weighted by Gasteiger charge is -2.01. The summed E-state index contributed by atoms with van der Waals surface area (Å²) in [7, 11) is 0. The Balaban J connectivity index is 2.08. The topological polar surface area (TPSA) is 64.9 Å². The van der Waals surface area contributed by atoms with Crippen molar-refractivity contribution in [2.75, 3.05) is 5.73 Å². The fraction of sp³-hybridized carbons (Fsp3) is 0.0667. The van der Waals surface area contributed by atoms with Crippen LogP contribution in [0.15, 0.2) is 40.9 Å². The standard InChI is InChI=1S/C15H11F2N3O/c1-8-7-9(16)5-6-10(8)14-19-15(21-20-14)13-11(17)3-2-4-12(13)18/h2-7H,18H2,1H3. The number of anilines is 1. The summed E-state index contributed by atoms with van der Waals surface area (Å²) < 4.78 is 32.0. The van der Waals surface area contributed by atoms with Crippen LogP contribution in [0.1, 0.15) is 5.56 Å². The Morgan fingerprint density at radius 3 is 2.67 bits per heavy atom. The van der Waals surface area contributed by atoms with Gasteiger partial charge in [-0.25, -0.2) is 8.78 Å². The Morgan fingerprint density at radius 1 is 1.14 bits per heavy atom. The first-order valence-corrected chi connectivity index (χ1v) is 6.21. The van der Waals surface area contributed by atoms with Gasteiger partial charge in [0.1, 0.15) is 11.6 Å². The molecule has 0 aliphatic heterocycles. The number of aryl methyl sites for hydroxylation is 1. The number of nitrogens with two attached hydrogens (primary N) is 1. The van der Waals surface area contributed by atoms with Gasteiger partial charge in [-0.05, 0) is 42.8 Å². The summed E-state index contributed by atoms with van der Waals surface area (Å²) in [5.41, 5.74) is 7.28. The monoisotopic (exact) mass is 287 g/mol. The molecular formula is C15H11F2N3O. The third-order valence-electron chi connectivity index (χ3n) is 3.12. The van der Waals surface area contributed by atoms with Crippen LogP contribution in [0.25, 0.3) is 22.8 Å². The molecule has 2 N–H and O–H groups in total. The van der Waals surface area contributed by atoms with Gasteiger partial charge < -0.3 is 10.3 Å². The first-order valence-electron chi connectivity index (χ1n) is 6.21. The van der Waals surface area contributed by atoms with Crippen molar-refractivity contribution < 1.29 is 13.3 Å². The Bertz CT molecular complexity index is 794. The molecule has 0 aliphatic rings. The average Bonchev–Trinajstić information content (AvgIpc) is 2.87. The maximum atomic E-state index is 13.8. The second kappa shape index (κ2) is 4.97. The van der Waals surface area contributed by atoms with Crippen LogP contribution in [0.2, 0.25) is 0 Å². The molecule has 0 aliphatic carbocycles. The molecule has 0 unspecified atom stereocenters. The largest absolute Gasteiger partial charge is 0.398 e. The zero-order valence-electron chi connectivity index (χ0n) is 11.1. The summed E-state index contributed by atoms with van der Waals surface area (Å²) in [5, 5.41) is 3.80. The normalized spacial score (nSPS) is 10.8. The average molecular weight is 287 g/mol. The van der Waals surface area contributed by atoms with E-state index in [9.17, 15) is 8.78 Å². The van der Waals surface area contributed by atoms with Crippen molar-refractivity contribution in [3.05, 3.63) is 53.6 Å². The van der Waals surface area contributed by atoms with E-state index in [0.29, 0.717) is 11.1 Å². The number of nitrogen functional groups attached to an aromatic ring is 1. The summed E-state index contributed by atoms with van der Waals surface area (Å²) in [5.74, 6) is -0.645. The van der Waals surface area contributed by atoms with E-state index in [1.165, 1.54) is 24.3 Å². The minimum Gasteiger partial charge on any atom is -0.398 e. The van der Waals surface area contributed by atoms with Crippen molar-refractivity contribution in [1.29, 1.82) is 0 Å². The molecule has 0 fully saturated rings. The van der Waals surface area contributed by atoms with Gasteiger partial charge in [-0.3, -0.25) is 0 Å². The second-order valence-corrected chi connectivity index (χ2v) is 4.59. The lowest BCUT2D eigenvalue weighted by molar-refractivity contribution is 0.430. The molecule has 0 radical (unpaired) electrons. The van der Waals surface area contributed by atoms with Crippen molar-refractivity contribution in [2.45, 2.75) is 6.92 Å². The minimum absolute atomic E-state index is 0.00988. The lowest BCUT2D eigenvalue weighted by Crippen LogP contribution is -1.93. The summed E-state index contributed by atoms with van der Waals surface area (Å²) in [6.45, 7) is 1.73. The molecule has 3 aromatic rings. The summed E-state index contributed by atoms with van der Waals surface area (Å²) >= 11 is 0. The van der Waals surface area contributed by atoms with E-state index < -0.39 is 5.82 Å². The first kappa shape index (κ1) is 13.2. The van der Waals surface area contributed by atoms with E-state index in [1.54, 1.807) is 19.1 Å². The predicted octanol–water partition coefficient (Wildman–Crippen LogP) is 3.57. The van der Waals surface area contributed by atoms with Gasteiger partial charge in [0.2, 0.25) is 5.82 Å². The molecule has 106 valence electrons. The Morgan fingerprint density at radius 2 is 1.95 bits per heavy atom. The van der Waals surface area contributed by atoms with Gasteiger partial charge in [-0.1, -0.05) is 11.2 Å². The van der Waals surface area contributed by atoms with Crippen LogP contribution in [0.5, 0.6) is 0 Å². The number of hydrogen-bond donors (Lipinski definition) is 1. The zero-order valence-corrected chi connectivity index (χ0v) is 11.1. The van der Waals surface area contributed by atoms with Crippen molar-refractivity contribution in [1.82, 2.24) is 10.1 Å². The third-order valence-corrected chi connectivity index (χ3v) is 3.12. The van der Waals surface area contributed by atoms with E-state index in [1.807, 2.05) is 0 Å². The molecule has 21 heavy (non-hydrogen) atoms.